The summed E-state index contributed by atoms with van der Waals surface area (Å²) in [4.78, 5) is 29.6. The number of fused-ring (bicyclic) bond motifs is 3. The number of carbonyl (C=O) groups excluding carboxylic acids is 2. The molecule has 2 aromatic carbocycles. The van der Waals surface area contributed by atoms with Crippen LogP contribution in [0.1, 0.15) is 75.0 Å². The van der Waals surface area contributed by atoms with Gasteiger partial charge in [0, 0.05) is 6.54 Å². The maximum absolute atomic E-state index is 14.1. The van der Waals surface area contributed by atoms with Crippen LogP contribution in [0, 0.1) is 0 Å². The SMILES string of the molecule is COC1=C[C@@]23CCCN2CCc2cc4c(cc2[C@@H]3C1OC(=O)[C@@](O)(CCCC(C)(C)O)CC(=O)OCc1ccccc1)OCO4. The molecule has 0 saturated carbocycles. The van der Waals surface area contributed by atoms with Crippen molar-refractivity contribution in [3.8, 4) is 11.5 Å². The molecule has 1 unspecified atom stereocenters. The second-order valence-corrected chi connectivity index (χ2v) is 13.3. The Morgan fingerprint density at radius 3 is 2.56 bits per heavy atom. The Labute approximate surface area is 263 Å². The Balaban J connectivity index is 1.29. The van der Waals surface area contributed by atoms with Crippen molar-refractivity contribution >= 4 is 11.9 Å². The summed E-state index contributed by atoms with van der Waals surface area (Å²) in [6, 6.07) is 13.2. The minimum atomic E-state index is -2.18. The smallest absolute Gasteiger partial charge is 0.339 e. The van der Waals surface area contributed by atoms with Crippen molar-refractivity contribution in [2.24, 2.45) is 0 Å². The predicted molar refractivity (Wildman–Crippen MR) is 163 cm³/mol. The Bertz CT molecular complexity index is 1450. The molecule has 10 heteroatoms. The predicted octanol–water partition coefficient (Wildman–Crippen LogP) is 4.15. The van der Waals surface area contributed by atoms with Crippen LogP contribution in [0.5, 0.6) is 11.5 Å². The average molecular weight is 622 g/mol. The number of hydrogen-bond acceptors (Lipinski definition) is 10. The summed E-state index contributed by atoms with van der Waals surface area (Å²) in [5.74, 6) is -0.104. The van der Waals surface area contributed by atoms with E-state index < -0.39 is 41.2 Å². The van der Waals surface area contributed by atoms with Crippen LogP contribution in [-0.4, -0.2) is 76.9 Å². The van der Waals surface area contributed by atoms with E-state index in [1.807, 2.05) is 42.5 Å². The molecule has 4 aliphatic rings. The number of hydrogen-bond donors (Lipinski definition) is 2. The zero-order chi connectivity index (χ0) is 31.8. The summed E-state index contributed by atoms with van der Waals surface area (Å²) in [6.45, 7) is 5.22. The topological polar surface area (TPSA) is 124 Å². The summed E-state index contributed by atoms with van der Waals surface area (Å²) in [7, 11) is 1.56. The third-order valence-corrected chi connectivity index (χ3v) is 9.64. The standard InChI is InChI=1S/C35H43NO9/c1-33(2,39)12-7-14-35(40,20-29(37)42-21-23-9-5-4-6-10-23)32(38)45-31-28(41-3)19-34-13-8-15-36(34)16-11-24-17-26-27(44-22-43-26)18-25(24)30(31)34/h4-6,9-10,17-19,30-31,39-40H,7-8,11-16,20-22H2,1-3H3/t30-,31?,34-,35-/m1/s1. The molecule has 1 aliphatic carbocycles. The summed E-state index contributed by atoms with van der Waals surface area (Å²) in [6.07, 6.45) is 3.81. The molecule has 0 amide bonds. The van der Waals surface area contributed by atoms with Gasteiger partial charge in [-0.1, -0.05) is 30.3 Å². The van der Waals surface area contributed by atoms with Crippen LogP contribution in [-0.2, 0) is 36.8 Å². The van der Waals surface area contributed by atoms with Gasteiger partial charge in [-0.05, 0) is 93.8 Å². The van der Waals surface area contributed by atoms with Gasteiger partial charge in [0.2, 0.25) is 6.79 Å². The molecule has 4 atom stereocenters. The van der Waals surface area contributed by atoms with Gasteiger partial charge in [0.25, 0.3) is 0 Å². The highest BCUT2D eigenvalue weighted by molar-refractivity contribution is 5.86. The first kappa shape index (κ1) is 31.4. The Hall–Kier alpha value is -3.60. The Morgan fingerprint density at radius 2 is 1.82 bits per heavy atom. The lowest BCUT2D eigenvalue weighted by molar-refractivity contribution is -0.179. The molecule has 1 fully saturated rings. The third-order valence-electron chi connectivity index (χ3n) is 9.64. The van der Waals surface area contributed by atoms with E-state index in [0.29, 0.717) is 23.7 Å². The number of ether oxygens (including phenoxy) is 5. The van der Waals surface area contributed by atoms with E-state index in [4.69, 9.17) is 23.7 Å². The highest BCUT2D eigenvalue weighted by Crippen LogP contribution is 2.55. The first-order valence-corrected chi connectivity index (χ1v) is 15.8. The fourth-order valence-electron chi connectivity index (χ4n) is 7.42. The van der Waals surface area contributed by atoms with Gasteiger partial charge in [-0.3, -0.25) is 9.69 Å². The number of methoxy groups -OCH3 is 1. The molecule has 1 spiro atoms. The molecular formula is C35H43NO9. The van der Waals surface area contributed by atoms with E-state index in [2.05, 4.69) is 11.0 Å². The van der Waals surface area contributed by atoms with Crippen molar-refractivity contribution in [1.82, 2.24) is 4.90 Å². The van der Waals surface area contributed by atoms with Crippen LogP contribution in [0.3, 0.4) is 0 Å². The number of nitrogens with zero attached hydrogens (tertiary/aromatic N) is 1. The molecule has 242 valence electrons. The first-order valence-electron chi connectivity index (χ1n) is 15.8. The lowest BCUT2D eigenvalue weighted by atomic mass is 9.77. The highest BCUT2D eigenvalue weighted by atomic mass is 16.7. The Kier molecular flexibility index (Phi) is 8.58. The van der Waals surface area contributed by atoms with Gasteiger partial charge in [0.15, 0.2) is 23.2 Å². The lowest BCUT2D eigenvalue weighted by Gasteiger charge is -2.39. The number of esters is 2. The summed E-state index contributed by atoms with van der Waals surface area (Å²) < 4.78 is 29.0. The van der Waals surface area contributed by atoms with Gasteiger partial charge in [-0.2, -0.15) is 0 Å². The van der Waals surface area contributed by atoms with Crippen molar-refractivity contribution in [3.05, 3.63) is 71.0 Å². The van der Waals surface area contributed by atoms with E-state index in [1.54, 1.807) is 21.0 Å². The van der Waals surface area contributed by atoms with Crippen molar-refractivity contribution < 1.29 is 43.5 Å². The number of rotatable bonds is 11. The van der Waals surface area contributed by atoms with Crippen molar-refractivity contribution in [3.63, 3.8) is 0 Å². The zero-order valence-electron chi connectivity index (χ0n) is 26.3. The summed E-state index contributed by atoms with van der Waals surface area (Å²) in [5, 5.41) is 22.2. The molecule has 2 aromatic rings. The number of carbonyl (C=O) groups is 2. The van der Waals surface area contributed by atoms with Crippen LogP contribution < -0.4 is 9.47 Å². The van der Waals surface area contributed by atoms with Gasteiger partial charge in [0.1, 0.15) is 12.4 Å². The van der Waals surface area contributed by atoms with Gasteiger partial charge in [-0.25, -0.2) is 4.79 Å². The number of aliphatic hydroxyl groups is 2. The molecule has 3 heterocycles. The molecule has 0 radical (unpaired) electrons. The third kappa shape index (κ3) is 6.28. The second-order valence-electron chi connectivity index (χ2n) is 13.3. The molecule has 1 saturated heterocycles. The molecule has 10 nitrogen and oxygen atoms in total. The van der Waals surface area contributed by atoms with E-state index >= 15 is 0 Å². The summed E-state index contributed by atoms with van der Waals surface area (Å²) in [5.41, 5.74) is -0.745. The van der Waals surface area contributed by atoms with Crippen LogP contribution in [0.4, 0.5) is 0 Å². The minimum absolute atomic E-state index is 0.0149. The molecule has 0 aromatic heterocycles. The Morgan fingerprint density at radius 1 is 1.07 bits per heavy atom. The van der Waals surface area contributed by atoms with Crippen molar-refractivity contribution in [2.45, 2.75) is 94.2 Å². The molecule has 45 heavy (non-hydrogen) atoms. The van der Waals surface area contributed by atoms with Crippen LogP contribution in [0.25, 0.3) is 0 Å². The van der Waals surface area contributed by atoms with Gasteiger partial charge in [-0.15, -0.1) is 0 Å². The monoisotopic (exact) mass is 621 g/mol. The van der Waals surface area contributed by atoms with Gasteiger partial charge >= 0.3 is 11.9 Å². The van der Waals surface area contributed by atoms with Crippen LogP contribution in [0.2, 0.25) is 0 Å². The van der Waals surface area contributed by atoms with E-state index in [-0.39, 0.29) is 32.2 Å². The zero-order valence-corrected chi connectivity index (χ0v) is 26.3. The lowest BCUT2D eigenvalue weighted by Crippen LogP contribution is -2.49. The van der Waals surface area contributed by atoms with Crippen molar-refractivity contribution in [2.75, 3.05) is 27.0 Å². The molecule has 2 N–H and O–H groups in total. The van der Waals surface area contributed by atoms with E-state index in [0.717, 1.165) is 49.0 Å². The largest absolute Gasteiger partial charge is 0.497 e. The average Bonchev–Trinajstić information content (AvgIpc) is 3.69. The fraction of sp³-hybridized carbons (Fsp3) is 0.543. The number of benzene rings is 2. The van der Waals surface area contributed by atoms with Crippen molar-refractivity contribution in [1.29, 1.82) is 0 Å². The fourth-order valence-corrected chi connectivity index (χ4v) is 7.42. The molecule has 3 aliphatic heterocycles. The molecular weight excluding hydrogens is 578 g/mol. The minimum Gasteiger partial charge on any atom is -0.497 e. The second kappa shape index (κ2) is 12.3. The summed E-state index contributed by atoms with van der Waals surface area (Å²) >= 11 is 0. The van der Waals surface area contributed by atoms with E-state index in [1.165, 1.54) is 0 Å². The quantitative estimate of drug-likeness (QED) is 0.354. The van der Waals surface area contributed by atoms with E-state index in [9.17, 15) is 19.8 Å². The van der Waals surface area contributed by atoms with Gasteiger partial charge in [0.05, 0.1) is 30.6 Å². The van der Waals surface area contributed by atoms with Gasteiger partial charge < -0.3 is 33.9 Å². The maximum atomic E-state index is 14.1. The maximum Gasteiger partial charge on any atom is 0.339 e. The van der Waals surface area contributed by atoms with Crippen LogP contribution >= 0.6 is 0 Å². The molecule has 6 rings (SSSR count). The molecule has 0 bridgehead atoms. The highest BCUT2D eigenvalue weighted by Gasteiger charge is 2.59. The van der Waals surface area contributed by atoms with Crippen LogP contribution in [0.15, 0.2) is 54.3 Å². The first-order chi connectivity index (χ1) is 21.5. The normalized spacial score (nSPS) is 24.9.